The van der Waals surface area contributed by atoms with Gasteiger partial charge in [-0.2, -0.15) is 0 Å². The van der Waals surface area contributed by atoms with E-state index in [2.05, 4.69) is 10.6 Å². The van der Waals surface area contributed by atoms with E-state index in [0.29, 0.717) is 13.0 Å². The number of hydrogen-bond donors (Lipinski definition) is 2. The molecule has 7 heteroatoms. The number of ether oxygens (including phenoxy) is 1. The summed E-state index contributed by atoms with van der Waals surface area (Å²) in [7, 11) is 1.55. The van der Waals surface area contributed by atoms with Crippen LogP contribution in [0, 0.1) is 11.8 Å². The second-order valence-electron chi connectivity index (χ2n) is 9.61. The van der Waals surface area contributed by atoms with Crippen LogP contribution in [0.5, 0.6) is 0 Å². The van der Waals surface area contributed by atoms with E-state index in [1.807, 2.05) is 27.7 Å². The van der Waals surface area contributed by atoms with E-state index >= 15 is 0 Å². The largest absolute Gasteiger partial charge is 0.458 e. The zero-order valence-corrected chi connectivity index (χ0v) is 18.8. The third kappa shape index (κ3) is 6.19. The molecule has 1 fully saturated rings. The standard InChI is InChI=1S/C21H39N3O4/c1-14(2)12-21(18(26)23-13-15(3)4,19(27)28-20(5,6)7)24(8)17(25)16-10-9-11-22-16/h14-16,22H,9-13H2,1-8H3,(H,23,26)/t16-,21-/m0/s1. The summed E-state index contributed by atoms with van der Waals surface area (Å²) in [5.41, 5.74) is -2.47. The van der Waals surface area contributed by atoms with Crippen molar-refractivity contribution >= 4 is 17.8 Å². The van der Waals surface area contributed by atoms with Crippen LogP contribution in [0.1, 0.15) is 67.7 Å². The van der Waals surface area contributed by atoms with Gasteiger partial charge in [0.2, 0.25) is 11.4 Å². The molecule has 162 valence electrons. The van der Waals surface area contributed by atoms with E-state index in [1.165, 1.54) is 4.90 Å². The molecule has 0 aromatic carbocycles. The molecule has 1 aliphatic heterocycles. The van der Waals surface area contributed by atoms with Crippen molar-refractivity contribution in [3.8, 4) is 0 Å². The molecule has 1 rings (SSSR count). The Balaban J connectivity index is 3.37. The lowest BCUT2D eigenvalue weighted by molar-refractivity contribution is -0.178. The van der Waals surface area contributed by atoms with Crippen molar-refractivity contribution in [2.45, 2.75) is 84.9 Å². The Hall–Kier alpha value is -1.63. The first-order valence-electron chi connectivity index (χ1n) is 10.3. The number of esters is 1. The number of carbonyl (C=O) groups is 3. The zero-order chi connectivity index (χ0) is 21.7. The maximum absolute atomic E-state index is 13.4. The Morgan fingerprint density at radius 2 is 1.75 bits per heavy atom. The van der Waals surface area contributed by atoms with Crippen LogP contribution in [0.3, 0.4) is 0 Å². The number of rotatable bonds is 8. The number of carbonyl (C=O) groups excluding carboxylic acids is 3. The van der Waals surface area contributed by atoms with Crippen LogP contribution in [0.15, 0.2) is 0 Å². The number of likely N-dealkylation sites (N-methyl/N-ethyl adjacent to an activating group) is 1. The molecule has 2 amide bonds. The van der Waals surface area contributed by atoms with Gasteiger partial charge in [-0.1, -0.05) is 27.7 Å². The van der Waals surface area contributed by atoms with Gasteiger partial charge in [-0.3, -0.25) is 9.59 Å². The predicted molar refractivity (Wildman–Crippen MR) is 110 cm³/mol. The number of nitrogens with zero attached hydrogens (tertiary/aromatic N) is 1. The number of amides is 2. The number of nitrogens with one attached hydrogen (secondary N) is 2. The monoisotopic (exact) mass is 397 g/mol. The minimum absolute atomic E-state index is 0.00380. The summed E-state index contributed by atoms with van der Waals surface area (Å²) in [5, 5.41) is 6.03. The Bertz CT molecular complexity index is 562. The summed E-state index contributed by atoms with van der Waals surface area (Å²) in [6.45, 7) is 14.3. The molecule has 0 bridgehead atoms. The van der Waals surface area contributed by atoms with Crippen LogP contribution in [0.4, 0.5) is 0 Å². The Labute approximate surface area is 169 Å². The number of hydrogen-bond acceptors (Lipinski definition) is 5. The van der Waals surface area contributed by atoms with Crippen LogP contribution < -0.4 is 10.6 Å². The van der Waals surface area contributed by atoms with E-state index in [0.717, 1.165) is 13.0 Å². The van der Waals surface area contributed by atoms with Gasteiger partial charge in [0.15, 0.2) is 0 Å². The van der Waals surface area contributed by atoms with Crippen molar-refractivity contribution in [3.63, 3.8) is 0 Å². The highest BCUT2D eigenvalue weighted by atomic mass is 16.6. The van der Waals surface area contributed by atoms with Crippen molar-refractivity contribution in [1.82, 2.24) is 15.5 Å². The molecule has 0 saturated carbocycles. The second-order valence-corrected chi connectivity index (χ2v) is 9.61. The van der Waals surface area contributed by atoms with Crippen molar-refractivity contribution in [1.29, 1.82) is 0 Å². The van der Waals surface area contributed by atoms with Gasteiger partial charge in [0, 0.05) is 13.6 Å². The molecule has 7 nitrogen and oxygen atoms in total. The third-order valence-corrected chi connectivity index (χ3v) is 4.75. The van der Waals surface area contributed by atoms with Gasteiger partial charge in [-0.25, -0.2) is 4.79 Å². The zero-order valence-electron chi connectivity index (χ0n) is 18.8. The van der Waals surface area contributed by atoms with Gasteiger partial charge in [0.25, 0.3) is 5.91 Å². The minimum Gasteiger partial charge on any atom is -0.458 e. The molecular formula is C21H39N3O4. The first kappa shape index (κ1) is 24.4. The van der Waals surface area contributed by atoms with Gasteiger partial charge < -0.3 is 20.3 Å². The summed E-state index contributed by atoms with van der Waals surface area (Å²) in [6.07, 6.45) is 1.79. The first-order chi connectivity index (χ1) is 12.8. The third-order valence-electron chi connectivity index (χ3n) is 4.75. The summed E-state index contributed by atoms with van der Waals surface area (Å²) in [4.78, 5) is 41.2. The van der Waals surface area contributed by atoms with Crippen LogP contribution >= 0.6 is 0 Å². The highest BCUT2D eigenvalue weighted by Crippen LogP contribution is 2.29. The highest BCUT2D eigenvalue weighted by Gasteiger charge is 2.54. The second kappa shape index (κ2) is 9.72. The van der Waals surface area contributed by atoms with Gasteiger partial charge >= 0.3 is 5.97 Å². The molecule has 0 aliphatic carbocycles. The SMILES string of the molecule is CC(C)CNC(=O)[C@@](CC(C)C)(C(=O)OC(C)(C)C)N(C)C(=O)[C@@H]1CCCN1. The summed E-state index contributed by atoms with van der Waals surface area (Å²) >= 11 is 0. The normalized spacial score (nSPS) is 19.4. The summed E-state index contributed by atoms with van der Waals surface area (Å²) in [6, 6.07) is -0.378. The Morgan fingerprint density at radius 3 is 2.18 bits per heavy atom. The Kier molecular flexibility index (Phi) is 8.47. The van der Waals surface area contributed by atoms with E-state index in [-0.39, 0.29) is 30.2 Å². The molecule has 0 radical (unpaired) electrons. The summed E-state index contributed by atoms with van der Waals surface area (Å²) in [5.74, 6) is -1.17. The fourth-order valence-corrected chi connectivity index (χ4v) is 3.41. The van der Waals surface area contributed by atoms with E-state index < -0.39 is 23.0 Å². The molecule has 0 aromatic rings. The minimum atomic E-state index is -1.70. The lowest BCUT2D eigenvalue weighted by Crippen LogP contribution is -2.67. The Morgan fingerprint density at radius 1 is 1.14 bits per heavy atom. The van der Waals surface area contributed by atoms with Crippen molar-refractivity contribution < 1.29 is 19.1 Å². The maximum atomic E-state index is 13.4. The molecule has 0 unspecified atom stereocenters. The fourth-order valence-electron chi connectivity index (χ4n) is 3.41. The quantitative estimate of drug-likeness (QED) is 0.484. The van der Waals surface area contributed by atoms with E-state index in [1.54, 1.807) is 27.8 Å². The van der Waals surface area contributed by atoms with Crippen molar-refractivity contribution in [2.75, 3.05) is 20.1 Å². The molecule has 0 aromatic heterocycles. The average Bonchev–Trinajstić information content (AvgIpc) is 3.08. The van der Waals surface area contributed by atoms with Crippen LogP contribution in [-0.4, -0.2) is 60.0 Å². The van der Waals surface area contributed by atoms with Gasteiger partial charge in [0.05, 0.1) is 6.04 Å². The van der Waals surface area contributed by atoms with Gasteiger partial charge in [-0.05, 0) is 58.4 Å². The molecule has 1 heterocycles. The highest BCUT2D eigenvalue weighted by molar-refractivity contribution is 6.10. The summed E-state index contributed by atoms with van der Waals surface area (Å²) < 4.78 is 5.65. The average molecular weight is 398 g/mol. The molecule has 1 saturated heterocycles. The van der Waals surface area contributed by atoms with Crippen LogP contribution in [-0.2, 0) is 19.1 Å². The maximum Gasteiger partial charge on any atom is 0.342 e. The van der Waals surface area contributed by atoms with Crippen molar-refractivity contribution in [3.05, 3.63) is 0 Å². The fraction of sp³-hybridized carbons (Fsp3) is 0.857. The van der Waals surface area contributed by atoms with E-state index in [4.69, 9.17) is 4.74 Å². The molecule has 2 atom stereocenters. The molecule has 0 spiro atoms. The van der Waals surface area contributed by atoms with E-state index in [9.17, 15) is 14.4 Å². The lowest BCUT2D eigenvalue weighted by Gasteiger charge is -2.41. The smallest absolute Gasteiger partial charge is 0.342 e. The van der Waals surface area contributed by atoms with Gasteiger partial charge in [-0.15, -0.1) is 0 Å². The van der Waals surface area contributed by atoms with Gasteiger partial charge in [0.1, 0.15) is 5.60 Å². The predicted octanol–water partition coefficient (Wildman–Crippen LogP) is 2.10. The first-order valence-corrected chi connectivity index (χ1v) is 10.3. The van der Waals surface area contributed by atoms with Crippen LogP contribution in [0.25, 0.3) is 0 Å². The molecule has 1 aliphatic rings. The van der Waals surface area contributed by atoms with Crippen molar-refractivity contribution in [2.24, 2.45) is 11.8 Å². The molecular weight excluding hydrogens is 358 g/mol. The topological polar surface area (TPSA) is 87.7 Å². The lowest BCUT2D eigenvalue weighted by atomic mass is 9.85. The molecule has 2 N–H and O–H groups in total. The molecule has 28 heavy (non-hydrogen) atoms. The van der Waals surface area contributed by atoms with Crippen LogP contribution in [0.2, 0.25) is 0 Å².